The van der Waals surface area contributed by atoms with E-state index in [0.717, 1.165) is 5.56 Å². The first-order chi connectivity index (χ1) is 9.31. The van der Waals surface area contributed by atoms with Crippen molar-refractivity contribution in [3.05, 3.63) is 29.8 Å². The average Bonchev–Trinajstić information content (AvgIpc) is 2.41. The van der Waals surface area contributed by atoms with Gasteiger partial charge in [0.25, 0.3) is 0 Å². The minimum absolute atomic E-state index is 0.140. The molecule has 1 aromatic rings. The van der Waals surface area contributed by atoms with E-state index in [9.17, 15) is 18.0 Å². The third-order valence-electron chi connectivity index (χ3n) is 2.62. The van der Waals surface area contributed by atoms with Gasteiger partial charge in [-0.15, -0.1) is 0 Å². The molecule has 0 saturated heterocycles. The van der Waals surface area contributed by atoms with Gasteiger partial charge in [-0.2, -0.15) is 13.2 Å². The molecule has 0 saturated carbocycles. The maximum Gasteiger partial charge on any atom is 0.422 e. The summed E-state index contributed by atoms with van der Waals surface area (Å²) in [6, 6.07) is 5.79. The molecule has 1 amide bonds. The van der Waals surface area contributed by atoms with Crippen molar-refractivity contribution in [1.29, 1.82) is 0 Å². The second kappa shape index (κ2) is 7.14. The lowest BCUT2D eigenvalue weighted by molar-refractivity contribution is -0.153. The van der Waals surface area contributed by atoms with Crippen LogP contribution in [0.2, 0.25) is 0 Å². The average molecular weight is 290 g/mol. The topological polar surface area (TPSA) is 50.4 Å². The predicted molar refractivity (Wildman–Crippen MR) is 68.4 cm³/mol. The molecule has 0 aromatic heterocycles. The van der Waals surface area contributed by atoms with E-state index >= 15 is 0 Å². The van der Waals surface area contributed by atoms with Crippen LogP contribution in [0.25, 0.3) is 0 Å². The van der Waals surface area contributed by atoms with Crippen molar-refractivity contribution < 1.29 is 22.7 Å². The number of ether oxygens (including phenoxy) is 1. The van der Waals surface area contributed by atoms with Crippen molar-refractivity contribution >= 4 is 5.91 Å². The molecule has 20 heavy (non-hydrogen) atoms. The van der Waals surface area contributed by atoms with E-state index in [1.165, 1.54) is 12.1 Å². The Kier molecular flexibility index (Phi) is 5.82. The third-order valence-corrected chi connectivity index (χ3v) is 2.62. The molecule has 1 atom stereocenters. The Bertz CT molecular complexity index is 432. The van der Waals surface area contributed by atoms with Crippen LogP contribution in [0, 0.1) is 0 Å². The van der Waals surface area contributed by atoms with E-state index in [1.54, 1.807) is 26.1 Å². The summed E-state index contributed by atoms with van der Waals surface area (Å²) in [6.07, 6.45) is -4.35. The number of carbonyl (C=O) groups is 1. The molecule has 4 nitrogen and oxygen atoms in total. The lowest BCUT2D eigenvalue weighted by Gasteiger charge is -2.12. The number of hydrogen-bond donors (Lipinski definition) is 2. The minimum Gasteiger partial charge on any atom is -0.484 e. The molecule has 0 aliphatic rings. The van der Waals surface area contributed by atoms with Gasteiger partial charge in [0.2, 0.25) is 5.91 Å². The highest BCUT2D eigenvalue weighted by Crippen LogP contribution is 2.18. The van der Waals surface area contributed by atoms with Crippen molar-refractivity contribution in [2.45, 2.75) is 25.7 Å². The highest BCUT2D eigenvalue weighted by molar-refractivity contribution is 5.81. The summed E-state index contributed by atoms with van der Waals surface area (Å²) in [5, 5.41) is 5.51. The number of halogens is 3. The monoisotopic (exact) mass is 290 g/mol. The maximum atomic E-state index is 12.0. The van der Waals surface area contributed by atoms with Gasteiger partial charge in [0, 0.05) is 6.54 Å². The van der Waals surface area contributed by atoms with E-state index in [4.69, 9.17) is 0 Å². The molecule has 2 N–H and O–H groups in total. The quantitative estimate of drug-likeness (QED) is 0.840. The second-order valence-corrected chi connectivity index (χ2v) is 4.28. The van der Waals surface area contributed by atoms with Gasteiger partial charge in [0.1, 0.15) is 5.75 Å². The number of likely N-dealkylation sites (N-methyl/N-ethyl adjacent to an activating group) is 1. The Hall–Kier alpha value is -1.76. The standard InChI is InChI=1S/C13H17F3N2O2/c1-9(17-2)12(19)18-7-10-3-5-11(6-4-10)20-8-13(14,15)16/h3-6,9,17H,7-8H2,1-2H3,(H,18,19). The highest BCUT2D eigenvalue weighted by atomic mass is 19.4. The molecule has 0 heterocycles. The van der Waals surface area contributed by atoms with Gasteiger partial charge in [-0.1, -0.05) is 12.1 Å². The van der Waals surface area contributed by atoms with Gasteiger partial charge in [0.05, 0.1) is 6.04 Å². The molecule has 0 radical (unpaired) electrons. The van der Waals surface area contributed by atoms with E-state index in [-0.39, 0.29) is 17.7 Å². The fraction of sp³-hybridized carbons (Fsp3) is 0.462. The molecule has 0 aliphatic carbocycles. The normalized spacial score (nSPS) is 12.8. The van der Waals surface area contributed by atoms with Crippen molar-refractivity contribution in [1.82, 2.24) is 10.6 Å². The maximum absolute atomic E-state index is 12.0. The fourth-order valence-corrected chi connectivity index (χ4v) is 1.34. The fourth-order valence-electron chi connectivity index (χ4n) is 1.34. The molecule has 1 unspecified atom stereocenters. The summed E-state index contributed by atoms with van der Waals surface area (Å²) in [4.78, 5) is 11.5. The highest BCUT2D eigenvalue weighted by Gasteiger charge is 2.28. The molecule has 0 spiro atoms. The van der Waals surface area contributed by atoms with Crippen LogP contribution in [-0.2, 0) is 11.3 Å². The van der Waals surface area contributed by atoms with Gasteiger partial charge in [0.15, 0.2) is 6.61 Å². The second-order valence-electron chi connectivity index (χ2n) is 4.28. The first-order valence-electron chi connectivity index (χ1n) is 6.05. The molecule has 0 bridgehead atoms. The van der Waals surface area contributed by atoms with Crippen LogP contribution in [0.1, 0.15) is 12.5 Å². The summed E-state index contributed by atoms with van der Waals surface area (Å²) in [5.74, 6) is -0.00843. The van der Waals surface area contributed by atoms with E-state index < -0.39 is 12.8 Å². The first kappa shape index (κ1) is 16.3. The summed E-state index contributed by atoms with van der Waals surface area (Å²) in [6.45, 7) is 0.719. The van der Waals surface area contributed by atoms with Crippen LogP contribution in [0.3, 0.4) is 0 Å². The van der Waals surface area contributed by atoms with E-state index in [1.807, 2.05) is 0 Å². The van der Waals surface area contributed by atoms with Crippen LogP contribution in [0.5, 0.6) is 5.75 Å². The van der Waals surface area contributed by atoms with Crippen molar-refractivity contribution in [3.63, 3.8) is 0 Å². The Morgan fingerprint density at radius 3 is 2.40 bits per heavy atom. The number of amides is 1. The Morgan fingerprint density at radius 1 is 1.30 bits per heavy atom. The predicted octanol–water partition coefficient (Wildman–Crippen LogP) is 1.85. The first-order valence-corrected chi connectivity index (χ1v) is 6.05. The molecule has 112 valence electrons. The Morgan fingerprint density at radius 2 is 1.90 bits per heavy atom. The molecule has 1 aromatic carbocycles. The zero-order valence-electron chi connectivity index (χ0n) is 11.3. The molecule has 0 fully saturated rings. The summed E-state index contributed by atoms with van der Waals surface area (Å²) in [5.41, 5.74) is 0.779. The van der Waals surface area contributed by atoms with Gasteiger partial charge >= 0.3 is 6.18 Å². The SMILES string of the molecule is CNC(C)C(=O)NCc1ccc(OCC(F)(F)F)cc1. The van der Waals surface area contributed by atoms with Gasteiger partial charge in [-0.05, 0) is 31.7 Å². The van der Waals surface area contributed by atoms with Crippen molar-refractivity contribution in [2.24, 2.45) is 0 Å². The van der Waals surface area contributed by atoms with Crippen LogP contribution in [0.4, 0.5) is 13.2 Å². The molecule has 1 rings (SSSR count). The van der Waals surface area contributed by atoms with Crippen LogP contribution < -0.4 is 15.4 Å². The summed E-state index contributed by atoms with van der Waals surface area (Å²) in [7, 11) is 1.68. The molecule has 7 heteroatoms. The lowest BCUT2D eigenvalue weighted by Crippen LogP contribution is -2.39. The summed E-state index contributed by atoms with van der Waals surface area (Å²) < 4.78 is 40.5. The number of rotatable bonds is 6. The zero-order valence-corrected chi connectivity index (χ0v) is 11.3. The Balaban J connectivity index is 2.45. The number of nitrogens with one attached hydrogen (secondary N) is 2. The minimum atomic E-state index is -4.35. The van der Waals surface area contributed by atoms with E-state index in [0.29, 0.717) is 6.54 Å². The van der Waals surface area contributed by atoms with Gasteiger partial charge in [-0.3, -0.25) is 4.79 Å². The van der Waals surface area contributed by atoms with Crippen molar-refractivity contribution in [3.8, 4) is 5.75 Å². The van der Waals surface area contributed by atoms with Gasteiger partial charge < -0.3 is 15.4 Å². The Labute approximate surface area is 115 Å². The molecular formula is C13H17F3N2O2. The number of hydrogen-bond acceptors (Lipinski definition) is 3. The number of alkyl halides is 3. The molecule has 0 aliphatic heterocycles. The van der Waals surface area contributed by atoms with Gasteiger partial charge in [-0.25, -0.2) is 0 Å². The van der Waals surface area contributed by atoms with Crippen LogP contribution in [0.15, 0.2) is 24.3 Å². The number of carbonyl (C=O) groups excluding carboxylic acids is 1. The van der Waals surface area contributed by atoms with Crippen LogP contribution >= 0.6 is 0 Å². The number of benzene rings is 1. The smallest absolute Gasteiger partial charge is 0.422 e. The van der Waals surface area contributed by atoms with Crippen molar-refractivity contribution in [2.75, 3.05) is 13.7 Å². The van der Waals surface area contributed by atoms with Crippen LogP contribution in [-0.4, -0.2) is 31.8 Å². The largest absolute Gasteiger partial charge is 0.484 e. The lowest BCUT2D eigenvalue weighted by atomic mass is 10.2. The zero-order chi connectivity index (χ0) is 15.2. The van der Waals surface area contributed by atoms with E-state index in [2.05, 4.69) is 15.4 Å². The third kappa shape index (κ3) is 5.92. The summed E-state index contributed by atoms with van der Waals surface area (Å²) >= 11 is 0. The molecular weight excluding hydrogens is 273 g/mol.